The summed E-state index contributed by atoms with van der Waals surface area (Å²) in [6.45, 7) is 6.63. The predicted molar refractivity (Wildman–Crippen MR) is 113 cm³/mol. The van der Waals surface area contributed by atoms with Gasteiger partial charge in [0.05, 0.1) is 6.33 Å². The van der Waals surface area contributed by atoms with E-state index in [1.54, 1.807) is 6.33 Å². The van der Waals surface area contributed by atoms with E-state index in [1.807, 2.05) is 12.3 Å². The number of nitrogens with one attached hydrogen (secondary N) is 1. The summed E-state index contributed by atoms with van der Waals surface area (Å²) in [7, 11) is 2.25. The second-order valence-corrected chi connectivity index (χ2v) is 7.17. The molecule has 0 spiro atoms. The van der Waals surface area contributed by atoms with Crippen molar-refractivity contribution >= 4 is 12.7 Å². The molecule has 0 saturated heterocycles. The number of benzene rings is 2. The fourth-order valence-corrected chi connectivity index (χ4v) is 2.67. The fraction of sp³-hybridized carbons (Fsp3) is 0.348. The molecule has 0 unspecified atom stereocenters. The van der Waals surface area contributed by atoms with Crippen molar-refractivity contribution in [2.75, 3.05) is 0 Å². The molecule has 1 radical (unpaired) electrons. The Balaban J connectivity index is 0.000000197. The molecule has 0 saturated carbocycles. The minimum Gasteiger partial charge on any atom is -0.348 e. The average molecular weight is 345 g/mol. The van der Waals surface area contributed by atoms with Crippen LogP contribution in [0.25, 0.3) is 0 Å². The standard InChI is InChI=1S/C14H14B.C9H16N2/c1-12-7-9-13(10-8-12)11-15-14-5-3-2-4-6-14;1-8(2)4-3-5-9-6-10-7-11-9/h2-10H,11H2,1H3;6-8H,3-5H2,1-2H3,(H,10,11). The van der Waals surface area contributed by atoms with Gasteiger partial charge in [0.1, 0.15) is 0 Å². The third-order valence-electron chi connectivity index (χ3n) is 4.28. The molecule has 0 atom stereocenters. The molecule has 26 heavy (non-hydrogen) atoms. The van der Waals surface area contributed by atoms with Gasteiger partial charge in [0.25, 0.3) is 0 Å². The minimum atomic E-state index is 0.818. The number of imidazole rings is 1. The molecule has 1 aromatic heterocycles. The molecule has 0 aliphatic heterocycles. The van der Waals surface area contributed by atoms with E-state index in [1.165, 1.54) is 35.1 Å². The maximum atomic E-state index is 3.96. The summed E-state index contributed by atoms with van der Waals surface area (Å²) in [6, 6.07) is 19.2. The van der Waals surface area contributed by atoms with Crippen LogP contribution in [0.5, 0.6) is 0 Å². The Morgan fingerprint density at radius 3 is 2.35 bits per heavy atom. The molecule has 1 N–H and O–H groups in total. The lowest BCUT2D eigenvalue weighted by atomic mass is 9.65. The number of aryl methyl sites for hydroxylation is 2. The molecule has 0 amide bonds. The van der Waals surface area contributed by atoms with Crippen molar-refractivity contribution < 1.29 is 0 Å². The number of H-pyrrole nitrogens is 1. The minimum absolute atomic E-state index is 0.818. The van der Waals surface area contributed by atoms with Crippen molar-refractivity contribution in [2.24, 2.45) is 5.92 Å². The maximum Gasteiger partial charge on any atom is 0.156 e. The van der Waals surface area contributed by atoms with Gasteiger partial charge in [-0.1, -0.05) is 91.5 Å². The topological polar surface area (TPSA) is 28.7 Å². The highest BCUT2D eigenvalue weighted by molar-refractivity contribution is 6.52. The van der Waals surface area contributed by atoms with E-state index in [0.29, 0.717) is 0 Å². The van der Waals surface area contributed by atoms with Crippen LogP contribution in [-0.2, 0) is 12.7 Å². The molecule has 135 valence electrons. The first-order chi connectivity index (χ1) is 12.6. The van der Waals surface area contributed by atoms with E-state index in [2.05, 4.69) is 86.5 Å². The van der Waals surface area contributed by atoms with Crippen LogP contribution in [0.2, 0.25) is 0 Å². The molecule has 0 fully saturated rings. The summed E-state index contributed by atoms with van der Waals surface area (Å²) in [4.78, 5) is 7.06. The first-order valence-electron chi connectivity index (χ1n) is 9.54. The van der Waals surface area contributed by atoms with E-state index < -0.39 is 0 Å². The summed E-state index contributed by atoms with van der Waals surface area (Å²) in [5.74, 6) is 0.818. The van der Waals surface area contributed by atoms with Gasteiger partial charge < -0.3 is 4.98 Å². The highest BCUT2D eigenvalue weighted by Crippen LogP contribution is 2.07. The van der Waals surface area contributed by atoms with Gasteiger partial charge in [0.2, 0.25) is 0 Å². The SMILES string of the molecule is CC(C)CCCc1cnc[nH]1.Cc1ccc(C[B]c2ccccc2)cc1. The Bertz CT molecular complexity index is 704. The Morgan fingerprint density at radius 1 is 1.00 bits per heavy atom. The molecule has 0 bridgehead atoms. The third kappa shape index (κ3) is 8.20. The molecule has 1 heterocycles. The van der Waals surface area contributed by atoms with Crippen LogP contribution in [0, 0.1) is 12.8 Å². The second-order valence-electron chi connectivity index (χ2n) is 7.17. The third-order valence-corrected chi connectivity index (χ3v) is 4.28. The van der Waals surface area contributed by atoms with Gasteiger partial charge in [-0.15, -0.1) is 0 Å². The van der Waals surface area contributed by atoms with Crippen LogP contribution in [0.4, 0.5) is 0 Å². The Morgan fingerprint density at radius 2 is 1.73 bits per heavy atom. The van der Waals surface area contributed by atoms with Crippen molar-refractivity contribution in [3.63, 3.8) is 0 Å². The largest absolute Gasteiger partial charge is 0.348 e. The fourth-order valence-electron chi connectivity index (χ4n) is 2.67. The van der Waals surface area contributed by atoms with Crippen LogP contribution in [0.15, 0.2) is 67.1 Å². The van der Waals surface area contributed by atoms with Gasteiger partial charge in [-0.3, -0.25) is 0 Å². The lowest BCUT2D eigenvalue weighted by Crippen LogP contribution is -2.15. The summed E-state index contributed by atoms with van der Waals surface area (Å²) < 4.78 is 0. The number of nitrogens with zero attached hydrogens (tertiary/aromatic N) is 1. The molecule has 3 rings (SSSR count). The van der Waals surface area contributed by atoms with Crippen molar-refractivity contribution in [3.05, 3.63) is 83.9 Å². The monoisotopic (exact) mass is 345 g/mol. The van der Waals surface area contributed by atoms with Gasteiger partial charge in [-0.05, 0) is 32.0 Å². The van der Waals surface area contributed by atoms with Crippen molar-refractivity contribution in [1.82, 2.24) is 9.97 Å². The second kappa shape index (κ2) is 11.4. The molecule has 2 nitrogen and oxygen atoms in total. The van der Waals surface area contributed by atoms with E-state index in [4.69, 9.17) is 0 Å². The number of hydrogen-bond acceptors (Lipinski definition) is 1. The quantitative estimate of drug-likeness (QED) is 0.606. The zero-order valence-corrected chi connectivity index (χ0v) is 16.3. The maximum absolute atomic E-state index is 3.96. The Labute approximate surface area is 159 Å². The Kier molecular flexibility index (Phi) is 8.75. The van der Waals surface area contributed by atoms with Crippen LogP contribution >= 0.6 is 0 Å². The highest BCUT2D eigenvalue weighted by atomic mass is 14.9. The Hall–Kier alpha value is -2.29. The van der Waals surface area contributed by atoms with Gasteiger partial charge >= 0.3 is 0 Å². The van der Waals surface area contributed by atoms with E-state index in [9.17, 15) is 0 Å². The summed E-state index contributed by atoms with van der Waals surface area (Å²) in [5.41, 5.74) is 5.23. The number of aromatic nitrogens is 2. The zero-order valence-electron chi connectivity index (χ0n) is 16.3. The van der Waals surface area contributed by atoms with E-state index >= 15 is 0 Å². The highest BCUT2D eigenvalue weighted by Gasteiger charge is 1.97. The number of hydrogen-bond donors (Lipinski definition) is 1. The van der Waals surface area contributed by atoms with Crippen LogP contribution < -0.4 is 5.46 Å². The van der Waals surface area contributed by atoms with E-state index in [-0.39, 0.29) is 0 Å². The zero-order chi connectivity index (χ0) is 18.6. The van der Waals surface area contributed by atoms with Gasteiger partial charge in [0, 0.05) is 11.9 Å². The lowest BCUT2D eigenvalue weighted by molar-refractivity contribution is 0.553. The predicted octanol–water partition coefficient (Wildman–Crippen LogP) is 4.91. The first-order valence-corrected chi connectivity index (χ1v) is 9.54. The van der Waals surface area contributed by atoms with Crippen molar-refractivity contribution in [1.29, 1.82) is 0 Å². The van der Waals surface area contributed by atoms with Crippen LogP contribution in [-0.4, -0.2) is 17.2 Å². The normalized spacial score (nSPS) is 10.3. The molecule has 3 heteroatoms. The molecule has 3 aromatic rings. The van der Waals surface area contributed by atoms with Gasteiger partial charge in [0.15, 0.2) is 7.28 Å². The summed E-state index contributed by atoms with van der Waals surface area (Å²) in [5, 5.41) is 0. The van der Waals surface area contributed by atoms with Crippen LogP contribution in [0.1, 0.15) is 43.5 Å². The lowest BCUT2D eigenvalue weighted by Gasteiger charge is -2.01. The molecular formula is C23H30BN2. The first kappa shape index (κ1) is 20.0. The van der Waals surface area contributed by atoms with Gasteiger partial charge in [-0.2, -0.15) is 0 Å². The molecule has 0 aliphatic carbocycles. The van der Waals surface area contributed by atoms with Gasteiger partial charge in [-0.25, -0.2) is 4.98 Å². The smallest absolute Gasteiger partial charge is 0.156 e. The average Bonchev–Trinajstić information content (AvgIpc) is 3.16. The molecular weight excluding hydrogens is 315 g/mol. The van der Waals surface area contributed by atoms with Crippen molar-refractivity contribution in [3.8, 4) is 0 Å². The summed E-state index contributed by atoms with van der Waals surface area (Å²) >= 11 is 0. The van der Waals surface area contributed by atoms with E-state index in [0.717, 1.165) is 18.7 Å². The summed E-state index contributed by atoms with van der Waals surface area (Å²) in [6.07, 6.45) is 8.35. The van der Waals surface area contributed by atoms with Crippen molar-refractivity contribution in [2.45, 2.75) is 46.4 Å². The molecule has 0 aliphatic rings. The molecule has 2 aromatic carbocycles. The van der Waals surface area contributed by atoms with Crippen LogP contribution in [0.3, 0.4) is 0 Å². The number of aromatic amines is 1. The number of rotatable bonds is 7.